The highest BCUT2D eigenvalue weighted by Crippen LogP contribution is 2.32. The summed E-state index contributed by atoms with van der Waals surface area (Å²) in [5.41, 5.74) is 6.06. The number of hydrogen-bond acceptors (Lipinski definition) is 11. The van der Waals surface area contributed by atoms with Crippen molar-refractivity contribution in [2.24, 2.45) is 14.1 Å². The van der Waals surface area contributed by atoms with Crippen molar-refractivity contribution in [3.63, 3.8) is 0 Å². The van der Waals surface area contributed by atoms with E-state index in [0.29, 0.717) is 87.7 Å². The van der Waals surface area contributed by atoms with Gasteiger partial charge >= 0.3 is 0 Å². The van der Waals surface area contributed by atoms with E-state index in [9.17, 15) is 28.0 Å². The summed E-state index contributed by atoms with van der Waals surface area (Å²) in [6, 6.07) is 10.3. The SMILES string of the molecule is C[C@@H](NC(=O)c1c[nH]c2ncc(-c3nn(C)c4cc(Cl)ccc34)nc12)C(=O)N1CC[C@H](F)C1.C[C@@H](NC(=O)c1cn(COCC[Si](C)(C)C)c2ncc(-c3nn(C)c4cc(Cl)ccc34)nc12)C(=O)N1CC[C@H](F)C1. The van der Waals surface area contributed by atoms with Gasteiger partial charge in [0.2, 0.25) is 11.8 Å². The number of likely N-dealkylation sites (tertiary alicyclic amines) is 2. The molecule has 2 aliphatic rings. The lowest BCUT2D eigenvalue weighted by atomic mass is 10.1. The smallest absolute Gasteiger partial charge is 0.255 e. The van der Waals surface area contributed by atoms with Gasteiger partial charge in [0.05, 0.1) is 47.6 Å². The second-order valence-corrected chi connectivity index (χ2v) is 26.4. The first-order valence-corrected chi connectivity index (χ1v) is 28.7. The maximum absolute atomic E-state index is 13.7. The molecule has 8 heterocycles. The van der Waals surface area contributed by atoms with Crippen LogP contribution in [-0.4, -0.2) is 148 Å². The number of alkyl halides is 2. The minimum Gasteiger partial charge on any atom is -0.361 e. The Kier molecular flexibility index (Phi) is 14.9. The van der Waals surface area contributed by atoms with Crippen molar-refractivity contribution in [1.29, 1.82) is 0 Å². The van der Waals surface area contributed by atoms with Gasteiger partial charge in [0.1, 0.15) is 65.0 Å². The largest absolute Gasteiger partial charge is 0.361 e. The molecule has 19 nitrogen and oxygen atoms in total. The predicted octanol–water partition coefficient (Wildman–Crippen LogP) is 7.49. The number of aromatic amines is 1. The first-order valence-electron chi connectivity index (χ1n) is 24.2. The second-order valence-electron chi connectivity index (χ2n) is 19.9. The van der Waals surface area contributed by atoms with Crippen LogP contribution in [-0.2, 0) is 35.2 Å². The van der Waals surface area contributed by atoms with Crippen molar-refractivity contribution in [2.75, 3.05) is 32.8 Å². The van der Waals surface area contributed by atoms with Crippen LogP contribution >= 0.6 is 23.2 Å². The Morgan fingerprint density at radius 1 is 0.770 bits per heavy atom. The van der Waals surface area contributed by atoms with Gasteiger partial charge in [0.25, 0.3) is 11.8 Å². The molecule has 2 aromatic carbocycles. The van der Waals surface area contributed by atoms with Gasteiger partial charge in [-0.15, -0.1) is 0 Å². The van der Waals surface area contributed by atoms with E-state index >= 15 is 0 Å². The highest BCUT2D eigenvalue weighted by molar-refractivity contribution is 6.76. The molecule has 0 bridgehead atoms. The Hall–Kier alpha value is -6.88. The fourth-order valence-electron chi connectivity index (χ4n) is 9.05. The number of hydrogen-bond donors (Lipinski definition) is 3. The van der Waals surface area contributed by atoms with Gasteiger partial charge in [0, 0.05) is 75.1 Å². The Morgan fingerprint density at radius 2 is 1.28 bits per heavy atom. The Bertz CT molecular complexity index is 3460. The number of halogens is 4. The van der Waals surface area contributed by atoms with E-state index in [2.05, 4.69) is 60.4 Å². The summed E-state index contributed by atoms with van der Waals surface area (Å²) in [4.78, 5) is 76.2. The molecule has 0 radical (unpaired) electrons. The number of carbonyl (C=O) groups is 4. The van der Waals surface area contributed by atoms with Crippen molar-refractivity contribution < 1.29 is 32.7 Å². The van der Waals surface area contributed by atoms with Gasteiger partial charge in [0.15, 0.2) is 11.3 Å². The zero-order valence-corrected chi connectivity index (χ0v) is 44.4. The van der Waals surface area contributed by atoms with Crippen LogP contribution in [0.4, 0.5) is 8.78 Å². The highest BCUT2D eigenvalue weighted by atomic mass is 35.5. The van der Waals surface area contributed by atoms with E-state index in [0.717, 1.165) is 27.8 Å². The van der Waals surface area contributed by atoms with Crippen molar-refractivity contribution in [2.45, 2.75) is 83.5 Å². The third kappa shape index (κ3) is 11.0. The molecule has 24 heteroatoms. The van der Waals surface area contributed by atoms with Gasteiger partial charge in [-0.05, 0) is 69.1 Å². The molecule has 2 aliphatic heterocycles. The van der Waals surface area contributed by atoms with Crippen LogP contribution < -0.4 is 10.6 Å². The quantitative estimate of drug-likeness (QED) is 0.0759. The van der Waals surface area contributed by atoms with Crippen molar-refractivity contribution in [3.8, 4) is 22.8 Å². The van der Waals surface area contributed by atoms with Crippen LogP contribution in [0.2, 0.25) is 35.7 Å². The molecule has 8 aromatic rings. The molecular weight excluding hydrogens is 1010 g/mol. The average Bonchev–Trinajstić information content (AvgIpc) is 4.24. The number of nitrogens with zero attached hydrogens (tertiary/aromatic N) is 11. The molecule has 2 fully saturated rings. The van der Waals surface area contributed by atoms with E-state index in [1.54, 1.807) is 58.5 Å². The minimum atomic E-state index is -1.28. The number of aromatic nitrogens is 10. The van der Waals surface area contributed by atoms with E-state index in [1.165, 1.54) is 16.0 Å². The Labute approximate surface area is 435 Å². The van der Waals surface area contributed by atoms with Crippen LogP contribution in [0.3, 0.4) is 0 Å². The summed E-state index contributed by atoms with van der Waals surface area (Å²) in [5, 5.41) is 17.6. The molecule has 388 valence electrons. The number of ether oxygens (including phenoxy) is 1. The molecule has 3 N–H and O–H groups in total. The molecule has 10 rings (SSSR count). The van der Waals surface area contributed by atoms with Crippen molar-refractivity contribution in [3.05, 3.63) is 82.4 Å². The van der Waals surface area contributed by atoms with E-state index in [-0.39, 0.29) is 42.8 Å². The normalized spacial score (nSPS) is 16.8. The van der Waals surface area contributed by atoms with Crippen LogP contribution in [0.1, 0.15) is 47.4 Å². The zero-order chi connectivity index (χ0) is 52.7. The molecule has 0 spiro atoms. The molecule has 0 saturated carbocycles. The van der Waals surface area contributed by atoms with Gasteiger partial charge in [-0.2, -0.15) is 10.2 Å². The minimum absolute atomic E-state index is 0.0468. The lowest BCUT2D eigenvalue weighted by Crippen LogP contribution is -2.46. The summed E-state index contributed by atoms with van der Waals surface area (Å²) >= 11 is 12.3. The van der Waals surface area contributed by atoms with E-state index in [1.807, 2.05) is 38.4 Å². The number of benzene rings is 2. The molecular formula is C50H56Cl2F2N14O5Si. The summed E-state index contributed by atoms with van der Waals surface area (Å²) in [7, 11) is 2.36. The third-order valence-corrected chi connectivity index (χ3v) is 15.3. The molecule has 6 aromatic heterocycles. The second kappa shape index (κ2) is 21.2. The number of fused-ring (bicyclic) bond motifs is 4. The molecule has 0 unspecified atom stereocenters. The van der Waals surface area contributed by atoms with E-state index < -0.39 is 44.3 Å². The van der Waals surface area contributed by atoms with Crippen LogP contribution in [0.15, 0.2) is 61.2 Å². The lowest BCUT2D eigenvalue weighted by molar-refractivity contribution is -0.132. The van der Waals surface area contributed by atoms with Crippen LogP contribution in [0.5, 0.6) is 0 Å². The molecule has 74 heavy (non-hydrogen) atoms. The number of aryl methyl sites for hydroxylation is 2. The highest BCUT2D eigenvalue weighted by Gasteiger charge is 2.32. The van der Waals surface area contributed by atoms with Crippen molar-refractivity contribution >= 4 is 99.0 Å². The summed E-state index contributed by atoms with van der Waals surface area (Å²) in [6.45, 7) is 11.6. The first-order chi connectivity index (χ1) is 35.2. The lowest BCUT2D eigenvalue weighted by Gasteiger charge is -2.20. The van der Waals surface area contributed by atoms with Crippen molar-refractivity contribution in [1.82, 2.24) is 69.5 Å². The number of carbonyl (C=O) groups excluding carboxylic acids is 4. The summed E-state index contributed by atoms with van der Waals surface area (Å²) < 4.78 is 38.2. The van der Waals surface area contributed by atoms with Crippen LogP contribution in [0.25, 0.3) is 66.9 Å². The maximum atomic E-state index is 13.7. The third-order valence-electron chi connectivity index (χ3n) is 13.1. The standard InChI is InChI=1S/C28H35ClFN7O3Si.C22H21ClFN7O2/c1-17(28(39)36-9-8-19(30)14-36)32-27(38)21-15-37(16-40-10-11-41(3,4)5)26-25(21)33-22(13-31-26)24-20-7-6-18(29)12-23(20)35(2)34-24;1-11(22(33)31-6-5-13(24)10-31)27-21(32)15-8-25-20-19(15)28-16(9-26-20)18-14-4-3-12(23)7-17(14)30(2)29-18/h6-7,12-13,15,17,19H,8-11,14,16H2,1-5H3,(H,32,38);3-4,7-9,11,13H,5-6,10H2,1-2H3,(H,25,26)(H,27,32)/t17-,19+;11-,13+/m11/s1. The Balaban J connectivity index is 0.000000186. The van der Waals surface area contributed by atoms with Gasteiger partial charge in [-0.1, -0.05) is 42.8 Å². The monoisotopic (exact) mass is 1070 g/mol. The zero-order valence-electron chi connectivity index (χ0n) is 41.9. The molecule has 4 amide bonds. The predicted molar refractivity (Wildman–Crippen MR) is 281 cm³/mol. The topological polar surface area (TPSA) is 216 Å². The first kappa shape index (κ1) is 52.0. The van der Waals surface area contributed by atoms with E-state index in [4.69, 9.17) is 32.9 Å². The van der Waals surface area contributed by atoms with Gasteiger partial charge < -0.3 is 34.7 Å². The molecule has 2 saturated heterocycles. The van der Waals surface area contributed by atoms with Gasteiger partial charge in [-0.25, -0.2) is 28.7 Å². The number of nitrogens with one attached hydrogen (secondary N) is 3. The summed E-state index contributed by atoms with van der Waals surface area (Å²) in [6.07, 6.45) is 4.96. The van der Waals surface area contributed by atoms with Gasteiger partial charge in [-0.3, -0.25) is 28.5 Å². The number of rotatable bonds is 13. The maximum Gasteiger partial charge on any atom is 0.255 e. The molecule has 0 aliphatic carbocycles. The Morgan fingerprint density at radius 3 is 1.80 bits per heavy atom. The van der Waals surface area contributed by atoms with Crippen LogP contribution in [0, 0.1) is 0 Å². The number of H-pyrrole nitrogens is 1. The fourth-order valence-corrected chi connectivity index (χ4v) is 10.1. The number of amides is 4. The molecule has 4 atom stereocenters. The average molecular weight is 1070 g/mol. The fraction of sp³-hybridized carbons (Fsp3) is 0.400. The summed E-state index contributed by atoms with van der Waals surface area (Å²) in [5.74, 6) is -1.57.